The van der Waals surface area contributed by atoms with E-state index in [-0.39, 0.29) is 24.6 Å². The van der Waals surface area contributed by atoms with Gasteiger partial charge in [0.25, 0.3) is 11.8 Å². The molecule has 0 aliphatic carbocycles. The first-order chi connectivity index (χ1) is 12.5. The van der Waals surface area contributed by atoms with Gasteiger partial charge in [0.05, 0.1) is 12.2 Å². The Morgan fingerprint density at radius 2 is 2.19 bits per heavy atom. The standard InChI is InChI=1S/C17H14N4O4S/c1-9-2-4-11-17(18-9)26-14(19-11)7-21-12-6-10(16(23)20-24)3-5-13(12)25-8-15(21)22/h2-6,24H,7-8H2,1H3,(H,20,23). The normalized spacial score (nSPS) is 13.5. The molecular weight excluding hydrogens is 356 g/mol. The van der Waals surface area contributed by atoms with E-state index >= 15 is 0 Å². The predicted molar refractivity (Wildman–Crippen MR) is 94.5 cm³/mol. The summed E-state index contributed by atoms with van der Waals surface area (Å²) >= 11 is 1.42. The van der Waals surface area contributed by atoms with Gasteiger partial charge in [-0.3, -0.25) is 19.7 Å². The van der Waals surface area contributed by atoms with Crippen molar-refractivity contribution in [3.63, 3.8) is 0 Å². The summed E-state index contributed by atoms with van der Waals surface area (Å²) in [6.07, 6.45) is 0. The van der Waals surface area contributed by atoms with Crippen LogP contribution in [0.1, 0.15) is 21.1 Å². The molecule has 0 atom stereocenters. The summed E-state index contributed by atoms with van der Waals surface area (Å²) in [7, 11) is 0. The van der Waals surface area contributed by atoms with Crippen LogP contribution in [0, 0.1) is 6.92 Å². The van der Waals surface area contributed by atoms with Crippen LogP contribution in [0.25, 0.3) is 10.3 Å². The second-order valence-electron chi connectivity index (χ2n) is 5.78. The fraction of sp³-hybridized carbons (Fsp3) is 0.176. The number of benzene rings is 1. The number of amides is 2. The molecule has 3 heterocycles. The monoisotopic (exact) mass is 370 g/mol. The zero-order valence-corrected chi connectivity index (χ0v) is 14.5. The molecule has 1 aromatic carbocycles. The number of hydrogen-bond donors (Lipinski definition) is 2. The lowest BCUT2D eigenvalue weighted by atomic mass is 10.1. The second-order valence-corrected chi connectivity index (χ2v) is 6.84. The zero-order valence-electron chi connectivity index (χ0n) is 13.7. The van der Waals surface area contributed by atoms with E-state index in [1.807, 2.05) is 19.1 Å². The van der Waals surface area contributed by atoms with Crippen molar-refractivity contribution < 1.29 is 19.5 Å². The highest BCUT2D eigenvalue weighted by Crippen LogP contribution is 2.35. The van der Waals surface area contributed by atoms with Gasteiger partial charge in [-0.25, -0.2) is 15.4 Å². The number of carbonyl (C=O) groups excluding carboxylic acids is 2. The lowest BCUT2D eigenvalue weighted by Crippen LogP contribution is -2.38. The molecule has 0 radical (unpaired) electrons. The highest BCUT2D eigenvalue weighted by molar-refractivity contribution is 7.18. The number of nitrogens with one attached hydrogen (secondary N) is 1. The molecule has 0 spiro atoms. The Kier molecular flexibility index (Phi) is 4.02. The van der Waals surface area contributed by atoms with E-state index < -0.39 is 5.91 Å². The minimum Gasteiger partial charge on any atom is -0.482 e. The van der Waals surface area contributed by atoms with Gasteiger partial charge in [-0.2, -0.15) is 0 Å². The maximum absolute atomic E-state index is 12.4. The molecule has 0 saturated carbocycles. The number of thiazole rings is 1. The van der Waals surface area contributed by atoms with Crippen LogP contribution in [0.5, 0.6) is 5.75 Å². The SMILES string of the molecule is Cc1ccc2nc(CN3C(=O)COc4ccc(C(=O)NO)cc43)sc2n1. The molecule has 0 saturated heterocycles. The Labute approximate surface area is 152 Å². The molecule has 26 heavy (non-hydrogen) atoms. The van der Waals surface area contributed by atoms with Crippen molar-refractivity contribution in [3.8, 4) is 5.75 Å². The Hall–Kier alpha value is -3.04. The Balaban J connectivity index is 1.71. The van der Waals surface area contributed by atoms with Gasteiger partial charge in [-0.1, -0.05) is 11.3 Å². The van der Waals surface area contributed by atoms with Gasteiger partial charge in [-0.05, 0) is 37.3 Å². The van der Waals surface area contributed by atoms with Crippen molar-refractivity contribution in [1.29, 1.82) is 0 Å². The van der Waals surface area contributed by atoms with E-state index in [0.717, 1.165) is 21.0 Å². The van der Waals surface area contributed by atoms with Crippen LogP contribution in [-0.4, -0.2) is 33.6 Å². The van der Waals surface area contributed by atoms with Crippen LogP contribution in [0.2, 0.25) is 0 Å². The number of anilines is 1. The van der Waals surface area contributed by atoms with Gasteiger partial charge in [0.1, 0.15) is 21.1 Å². The number of aryl methyl sites for hydroxylation is 1. The van der Waals surface area contributed by atoms with Gasteiger partial charge in [-0.15, -0.1) is 0 Å². The summed E-state index contributed by atoms with van der Waals surface area (Å²) in [6, 6.07) is 8.41. The second kappa shape index (κ2) is 6.36. The molecule has 2 aromatic heterocycles. The molecule has 1 aliphatic rings. The van der Waals surface area contributed by atoms with Crippen molar-refractivity contribution in [2.24, 2.45) is 0 Å². The molecule has 2 amide bonds. The number of hydroxylamine groups is 1. The third-order valence-electron chi connectivity index (χ3n) is 4.00. The van der Waals surface area contributed by atoms with E-state index in [1.165, 1.54) is 28.4 Å². The average Bonchev–Trinajstić information content (AvgIpc) is 3.04. The van der Waals surface area contributed by atoms with Crippen molar-refractivity contribution >= 4 is 39.2 Å². The number of carbonyl (C=O) groups is 2. The molecule has 8 nitrogen and oxygen atoms in total. The van der Waals surface area contributed by atoms with Crippen molar-refractivity contribution in [1.82, 2.24) is 15.4 Å². The summed E-state index contributed by atoms with van der Waals surface area (Å²) in [5, 5.41) is 9.55. The lowest BCUT2D eigenvalue weighted by molar-refractivity contribution is -0.121. The molecule has 132 valence electrons. The van der Waals surface area contributed by atoms with Crippen LogP contribution in [-0.2, 0) is 11.3 Å². The first kappa shape index (κ1) is 16.4. The van der Waals surface area contributed by atoms with E-state index in [2.05, 4.69) is 9.97 Å². The minimum absolute atomic E-state index is 0.0825. The van der Waals surface area contributed by atoms with Gasteiger partial charge >= 0.3 is 0 Å². The van der Waals surface area contributed by atoms with Crippen LogP contribution in [0.15, 0.2) is 30.3 Å². The number of rotatable bonds is 3. The molecular formula is C17H14N4O4S. The molecule has 9 heteroatoms. The third-order valence-corrected chi connectivity index (χ3v) is 4.95. The fourth-order valence-electron chi connectivity index (χ4n) is 2.74. The zero-order chi connectivity index (χ0) is 18.3. The molecule has 2 N–H and O–H groups in total. The number of ether oxygens (including phenoxy) is 1. The molecule has 4 rings (SSSR count). The van der Waals surface area contributed by atoms with E-state index in [4.69, 9.17) is 9.94 Å². The molecule has 0 fully saturated rings. The first-order valence-electron chi connectivity index (χ1n) is 7.80. The Morgan fingerprint density at radius 1 is 1.35 bits per heavy atom. The Bertz CT molecular complexity index is 1030. The number of pyridine rings is 1. The predicted octanol–water partition coefficient (Wildman–Crippen LogP) is 2.04. The smallest absolute Gasteiger partial charge is 0.274 e. The summed E-state index contributed by atoms with van der Waals surface area (Å²) in [5.41, 5.74) is 3.95. The lowest BCUT2D eigenvalue weighted by Gasteiger charge is -2.29. The quantitative estimate of drug-likeness (QED) is 0.540. The molecule has 0 unspecified atom stereocenters. The maximum Gasteiger partial charge on any atom is 0.274 e. The van der Waals surface area contributed by atoms with Crippen LogP contribution >= 0.6 is 11.3 Å². The van der Waals surface area contributed by atoms with Crippen LogP contribution in [0.3, 0.4) is 0 Å². The number of fused-ring (bicyclic) bond motifs is 2. The van der Waals surface area contributed by atoms with E-state index in [0.29, 0.717) is 11.4 Å². The summed E-state index contributed by atoms with van der Waals surface area (Å²) in [4.78, 5) is 35.4. The van der Waals surface area contributed by atoms with Crippen molar-refractivity contribution in [2.45, 2.75) is 13.5 Å². The topological polar surface area (TPSA) is 105 Å². The summed E-state index contributed by atoms with van der Waals surface area (Å²) in [6.45, 7) is 2.08. The minimum atomic E-state index is -0.662. The molecule has 3 aromatic rings. The van der Waals surface area contributed by atoms with Crippen molar-refractivity contribution in [2.75, 3.05) is 11.5 Å². The highest BCUT2D eigenvalue weighted by Gasteiger charge is 2.27. The van der Waals surface area contributed by atoms with Gasteiger partial charge < -0.3 is 4.74 Å². The van der Waals surface area contributed by atoms with Gasteiger partial charge in [0.15, 0.2) is 6.61 Å². The maximum atomic E-state index is 12.4. The highest BCUT2D eigenvalue weighted by atomic mass is 32.1. The Morgan fingerprint density at radius 3 is 3.00 bits per heavy atom. The fourth-order valence-corrected chi connectivity index (χ4v) is 3.71. The largest absolute Gasteiger partial charge is 0.482 e. The van der Waals surface area contributed by atoms with E-state index in [9.17, 15) is 9.59 Å². The van der Waals surface area contributed by atoms with Crippen molar-refractivity contribution in [3.05, 3.63) is 46.6 Å². The number of aromatic nitrogens is 2. The van der Waals surface area contributed by atoms with Gasteiger partial charge in [0.2, 0.25) is 0 Å². The van der Waals surface area contributed by atoms with Crippen LogP contribution < -0.4 is 15.1 Å². The summed E-state index contributed by atoms with van der Waals surface area (Å²) in [5.74, 6) is -0.401. The summed E-state index contributed by atoms with van der Waals surface area (Å²) < 4.78 is 5.43. The number of nitrogens with zero attached hydrogens (tertiary/aromatic N) is 3. The first-order valence-corrected chi connectivity index (χ1v) is 8.61. The van der Waals surface area contributed by atoms with E-state index in [1.54, 1.807) is 11.5 Å². The third kappa shape index (κ3) is 2.87. The molecule has 1 aliphatic heterocycles. The van der Waals surface area contributed by atoms with Crippen LogP contribution in [0.4, 0.5) is 5.69 Å². The van der Waals surface area contributed by atoms with Gasteiger partial charge in [0, 0.05) is 11.3 Å². The molecule has 0 bridgehead atoms. The number of hydrogen-bond acceptors (Lipinski definition) is 7. The average molecular weight is 370 g/mol.